The Labute approximate surface area is 154 Å². The van der Waals surface area contributed by atoms with E-state index in [0.717, 1.165) is 23.1 Å². The van der Waals surface area contributed by atoms with Crippen LogP contribution in [-0.2, 0) is 12.8 Å². The first-order valence-electron chi connectivity index (χ1n) is 9.43. The van der Waals surface area contributed by atoms with Gasteiger partial charge in [0.05, 0.1) is 5.69 Å². The van der Waals surface area contributed by atoms with Crippen LogP contribution in [0.2, 0.25) is 0 Å². The Morgan fingerprint density at radius 1 is 1.12 bits per heavy atom. The summed E-state index contributed by atoms with van der Waals surface area (Å²) in [6.45, 7) is 8.19. The third-order valence-electron chi connectivity index (χ3n) is 5.04. The van der Waals surface area contributed by atoms with Gasteiger partial charge in [0.1, 0.15) is 9.71 Å². The monoisotopic (exact) mass is 359 g/mol. The molecular formula is C20H29N3OS. The number of carbonyl (C=O) groups excluding carboxylic acids is 1. The van der Waals surface area contributed by atoms with Crippen LogP contribution in [0.5, 0.6) is 0 Å². The molecule has 1 aliphatic carbocycles. The van der Waals surface area contributed by atoms with Crippen molar-refractivity contribution >= 4 is 33.1 Å². The number of aryl methyl sites for hydroxylation is 2. The summed E-state index contributed by atoms with van der Waals surface area (Å²) < 4.78 is 0. The van der Waals surface area contributed by atoms with Crippen LogP contribution < -0.4 is 5.73 Å². The number of nitrogens with zero attached hydrogens (tertiary/aromatic N) is 2. The summed E-state index contributed by atoms with van der Waals surface area (Å²) >= 11 is 1.45. The van der Waals surface area contributed by atoms with Crippen LogP contribution in [0, 0.1) is 0 Å². The molecule has 5 heteroatoms. The molecule has 2 N–H and O–H groups in total. The van der Waals surface area contributed by atoms with Gasteiger partial charge in [0.25, 0.3) is 5.91 Å². The average Bonchev–Trinajstić information content (AvgIpc) is 2.83. The molecule has 3 rings (SSSR count). The molecule has 2 aromatic rings. The second-order valence-electron chi connectivity index (χ2n) is 7.61. The molecule has 0 aliphatic heterocycles. The Morgan fingerprint density at radius 3 is 2.40 bits per heavy atom. The maximum absolute atomic E-state index is 13.1. The first-order chi connectivity index (χ1) is 11.9. The van der Waals surface area contributed by atoms with E-state index < -0.39 is 0 Å². The molecule has 1 aliphatic rings. The van der Waals surface area contributed by atoms with Crippen LogP contribution in [-0.4, -0.2) is 27.9 Å². The van der Waals surface area contributed by atoms with Crippen LogP contribution >= 0.6 is 11.3 Å². The number of nitrogens with two attached hydrogens (primary N) is 1. The zero-order valence-corrected chi connectivity index (χ0v) is 16.6. The molecule has 1 amide bonds. The minimum atomic E-state index is 0.0258. The number of nitrogen functional groups attached to an aromatic ring is 1. The molecule has 2 heterocycles. The summed E-state index contributed by atoms with van der Waals surface area (Å²) in [5.74, 6) is 0.0258. The van der Waals surface area contributed by atoms with Gasteiger partial charge >= 0.3 is 0 Å². The molecule has 0 unspecified atom stereocenters. The predicted octanol–water partition coefficient (Wildman–Crippen LogP) is 4.80. The van der Waals surface area contributed by atoms with Gasteiger partial charge in [-0.05, 0) is 65.0 Å². The minimum Gasteiger partial charge on any atom is -0.397 e. The highest BCUT2D eigenvalue weighted by molar-refractivity contribution is 7.21. The average molecular weight is 360 g/mol. The number of aromatic nitrogens is 1. The highest BCUT2D eigenvalue weighted by Crippen LogP contribution is 2.36. The number of anilines is 1. The van der Waals surface area contributed by atoms with E-state index in [1.165, 1.54) is 48.3 Å². The largest absolute Gasteiger partial charge is 0.397 e. The van der Waals surface area contributed by atoms with E-state index in [-0.39, 0.29) is 18.0 Å². The van der Waals surface area contributed by atoms with Crippen molar-refractivity contribution in [1.29, 1.82) is 0 Å². The first-order valence-corrected chi connectivity index (χ1v) is 10.2. The maximum atomic E-state index is 13.1. The molecule has 0 aromatic carbocycles. The number of carbonyl (C=O) groups is 1. The topological polar surface area (TPSA) is 59.2 Å². The van der Waals surface area contributed by atoms with E-state index in [1.807, 2.05) is 32.6 Å². The van der Waals surface area contributed by atoms with Gasteiger partial charge in [-0.3, -0.25) is 4.79 Å². The van der Waals surface area contributed by atoms with E-state index >= 15 is 0 Å². The molecule has 0 radical (unpaired) electrons. The molecule has 2 aromatic heterocycles. The number of hydrogen-bond acceptors (Lipinski definition) is 4. The third-order valence-corrected chi connectivity index (χ3v) is 6.14. The summed E-state index contributed by atoms with van der Waals surface area (Å²) in [5.41, 5.74) is 9.53. The van der Waals surface area contributed by atoms with E-state index in [2.05, 4.69) is 6.07 Å². The standard InChI is InChI=1S/C20H29N3OS/c1-12(2)23(13(3)4)20(24)18-17(21)15-11-14-9-7-5-6-8-10-16(14)22-19(15)25-18/h11-13H,5-10,21H2,1-4H3. The second kappa shape index (κ2) is 7.32. The Bertz CT molecular complexity index is 771. The summed E-state index contributed by atoms with van der Waals surface area (Å²) in [6, 6.07) is 2.48. The summed E-state index contributed by atoms with van der Waals surface area (Å²) in [5, 5.41) is 0.958. The van der Waals surface area contributed by atoms with Gasteiger partial charge in [0.2, 0.25) is 0 Å². The second-order valence-corrected chi connectivity index (χ2v) is 8.60. The quantitative estimate of drug-likeness (QED) is 0.856. The number of pyridine rings is 1. The third kappa shape index (κ3) is 3.52. The van der Waals surface area contributed by atoms with Crippen molar-refractivity contribution in [2.24, 2.45) is 0 Å². The molecule has 25 heavy (non-hydrogen) atoms. The number of thiophene rings is 1. The van der Waals surface area contributed by atoms with Gasteiger partial charge < -0.3 is 10.6 Å². The lowest BCUT2D eigenvalue weighted by Gasteiger charge is -2.30. The maximum Gasteiger partial charge on any atom is 0.266 e. The fraction of sp³-hybridized carbons (Fsp3) is 0.600. The summed E-state index contributed by atoms with van der Waals surface area (Å²) in [6.07, 6.45) is 7.10. The van der Waals surface area contributed by atoms with Gasteiger partial charge in [-0.25, -0.2) is 4.98 Å². The number of rotatable bonds is 3. The molecular weight excluding hydrogens is 330 g/mol. The zero-order valence-electron chi connectivity index (χ0n) is 15.8. The lowest BCUT2D eigenvalue weighted by Crippen LogP contribution is -2.41. The lowest BCUT2D eigenvalue weighted by atomic mass is 9.96. The molecule has 0 saturated heterocycles. The van der Waals surface area contributed by atoms with Crippen LogP contribution in [0.1, 0.15) is 74.3 Å². The van der Waals surface area contributed by atoms with Gasteiger partial charge in [0, 0.05) is 23.2 Å². The van der Waals surface area contributed by atoms with Gasteiger partial charge in [-0.2, -0.15) is 0 Å². The normalized spacial score (nSPS) is 15.3. The van der Waals surface area contributed by atoms with Crippen molar-refractivity contribution in [2.75, 3.05) is 5.73 Å². The van der Waals surface area contributed by atoms with Crippen molar-refractivity contribution in [1.82, 2.24) is 9.88 Å². The van der Waals surface area contributed by atoms with Crippen molar-refractivity contribution in [2.45, 2.75) is 78.3 Å². The minimum absolute atomic E-state index is 0.0258. The van der Waals surface area contributed by atoms with E-state index in [4.69, 9.17) is 10.7 Å². The van der Waals surface area contributed by atoms with Crippen LogP contribution in [0.4, 0.5) is 5.69 Å². The molecule has 0 saturated carbocycles. The highest BCUT2D eigenvalue weighted by atomic mass is 32.1. The Kier molecular flexibility index (Phi) is 5.32. The molecule has 0 fully saturated rings. The van der Waals surface area contributed by atoms with Crippen molar-refractivity contribution in [3.8, 4) is 0 Å². The van der Waals surface area contributed by atoms with Crippen LogP contribution in [0.3, 0.4) is 0 Å². The highest BCUT2D eigenvalue weighted by Gasteiger charge is 2.27. The van der Waals surface area contributed by atoms with Crippen molar-refractivity contribution < 1.29 is 4.79 Å². The lowest BCUT2D eigenvalue weighted by molar-refractivity contribution is 0.0650. The van der Waals surface area contributed by atoms with Crippen LogP contribution in [0.15, 0.2) is 6.07 Å². The Morgan fingerprint density at radius 2 is 1.76 bits per heavy atom. The molecule has 0 spiro atoms. The number of amides is 1. The fourth-order valence-corrected chi connectivity index (χ4v) is 4.90. The molecule has 0 atom stereocenters. The van der Waals surface area contributed by atoms with Gasteiger partial charge in [0.15, 0.2) is 0 Å². The zero-order chi connectivity index (χ0) is 18.1. The molecule has 0 bridgehead atoms. The van der Waals surface area contributed by atoms with Crippen molar-refractivity contribution in [3.63, 3.8) is 0 Å². The van der Waals surface area contributed by atoms with Crippen LogP contribution in [0.25, 0.3) is 10.2 Å². The Balaban J connectivity index is 2.05. The molecule has 4 nitrogen and oxygen atoms in total. The summed E-state index contributed by atoms with van der Waals surface area (Å²) in [7, 11) is 0. The van der Waals surface area contributed by atoms with Crippen molar-refractivity contribution in [3.05, 3.63) is 22.2 Å². The predicted molar refractivity (Wildman–Crippen MR) is 106 cm³/mol. The van der Waals surface area contributed by atoms with E-state index in [9.17, 15) is 4.79 Å². The summed E-state index contributed by atoms with van der Waals surface area (Å²) in [4.78, 5) is 21.4. The van der Waals surface area contributed by atoms with E-state index in [1.54, 1.807) is 0 Å². The van der Waals surface area contributed by atoms with Gasteiger partial charge in [-0.1, -0.05) is 12.8 Å². The number of hydrogen-bond donors (Lipinski definition) is 1. The first kappa shape index (κ1) is 18.2. The smallest absolute Gasteiger partial charge is 0.266 e. The SMILES string of the molecule is CC(C)N(C(=O)c1sc2nc3c(cc2c1N)CCCCCC3)C(C)C. The number of fused-ring (bicyclic) bond motifs is 2. The fourth-order valence-electron chi connectivity index (χ4n) is 3.85. The Hall–Kier alpha value is -1.62. The van der Waals surface area contributed by atoms with Gasteiger partial charge in [-0.15, -0.1) is 11.3 Å². The van der Waals surface area contributed by atoms with E-state index in [0.29, 0.717) is 10.6 Å². The molecule has 136 valence electrons.